The number of hydrogen-bond acceptors (Lipinski definition) is 2. The Kier molecular flexibility index (Phi) is 5.72. The number of carbonyl (C=O) groups excluding carboxylic acids is 1. The molecule has 1 heterocycles. The molecule has 0 radical (unpaired) electrons. The maximum Gasteiger partial charge on any atom is 0.308 e. The molecule has 1 aliphatic heterocycles. The van der Waals surface area contributed by atoms with E-state index in [-0.39, 0.29) is 18.0 Å². The maximum atomic E-state index is 11.9. The van der Waals surface area contributed by atoms with Crippen LogP contribution in [0.4, 0.5) is 0 Å². The van der Waals surface area contributed by atoms with Gasteiger partial charge in [-0.15, -0.1) is 0 Å². The molecule has 0 aromatic carbocycles. The molecule has 0 aromatic rings. The lowest BCUT2D eigenvalue weighted by Gasteiger charge is -2.26. The third-order valence-corrected chi connectivity index (χ3v) is 5.03. The largest absolute Gasteiger partial charge is 0.462 e. The Balaban J connectivity index is 1.86. The molecule has 2 rings (SSSR count). The Morgan fingerprint density at radius 1 is 0.947 bits per heavy atom. The fourth-order valence-corrected chi connectivity index (χ4v) is 3.88. The quantitative estimate of drug-likeness (QED) is 0.676. The third kappa shape index (κ3) is 4.81. The second-order valence-electron chi connectivity index (χ2n) is 6.92. The molecule has 110 valence electrons. The second-order valence-corrected chi connectivity index (χ2v) is 6.92. The average Bonchev–Trinajstić information content (AvgIpc) is 2.85. The van der Waals surface area contributed by atoms with Crippen LogP contribution in [0.5, 0.6) is 0 Å². The lowest BCUT2D eigenvalue weighted by molar-refractivity contribution is -0.154. The van der Waals surface area contributed by atoms with Crippen LogP contribution in [0.2, 0.25) is 0 Å². The molecule has 0 N–H and O–H groups in total. The molecule has 0 spiro atoms. The fraction of sp³-hybridized carbons (Fsp3) is 0.941. The summed E-state index contributed by atoms with van der Waals surface area (Å²) in [6.45, 7) is 4.08. The van der Waals surface area contributed by atoms with Gasteiger partial charge in [-0.25, -0.2) is 0 Å². The highest BCUT2D eigenvalue weighted by atomic mass is 16.5. The molecule has 2 aliphatic rings. The molecule has 0 aromatic heterocycles. The number of ether oxygens (including phenoxy) is 1. The number of hydrogen-bond donors (Lipinski definition) is 0. The van der Waals surface area contributed by atoms with Crippen LogP contribution < -0.4 is 0 Å². The zero-order valence-corrected chi connectivity index (χ0v) is 12.7. The molecule has 3 unspecified atom stereocenters. The lowest BCUT2D eigenvalue weighted by Crippen LogP contribution is -2.25. The lowest BCUT2D eigenvalue weighted by atomic mass is 9.85. The van der Waals surface area contributed by atoms with E-state index in [1.165, 1.54) is 51.4 Å². The van der Waals surface area contributed by atoms with Crippen LogP contribution >= 0.6 is 0 Å². The van der Waals surface area contributed by atoms with Crippen LogP contribution in [-0.2, 0) is 9.53 Å². The first-order valence-electron chi connectivity index (χ1n) is 8.35. The van der Waals surface area contributed by atoms with Gasteiger partial charge in [-0.05, 0) is 38.0 Å². The Morgan fingerprint density at radius 2 is 1.53 bits per heavy atom. The number of carbonyl (C=O) groups is 1. The molecule has 2 fully saturated rings. The minimum atomic E-state index is 0.0222. The molecule has 2 nitrogen and oxygen atoms in total. The Morgan fingerprint density at radius 3 is 2.21 bits per heavy atom. The summed E-state index contributed by atoms with van der Waals surface area (Å²) < 4.78 is 5.59. The van der Waals surface area contributed by atoms with Gasteiger partial charge < -0.3 is 4.74 Å². The van der Waals surface area contributed by atoms with Crippen molar-refractivity contribution in [2.75, 3.05) is 0 Å². The molecule has 2 heteroatoms. The molecule has 1 saturated carbocycles. The van der Waals surface area contributed by atoms with Crippen molar-refractivity contribution in [2.24, 2.45) is 17.8 Å². The summed E-state index contributed by atoms with van der Waals surface area (Å²) in [7, 11) is 0. The Labute approximate surface area is 118 Å². The van der Waals surface area contributed by atoms with E-state index in [1.807, 2.05) is 6.92 Å². The van der Waals surface area contributed by atoms with Gasteiger partial charge in [-0.3, -0.25) is 4.79 Å². The number of esters is 1. The van der Waals surface area contributed by atoms with E-state index in [2.05, 4.69) is 6.92 Å². The normalized spacial score (nSPS) is 35.1. The monoisotopic (exact) mass is 266 g/mol. The van der Waals surface area contributed by atoms with Crippen LogP contribution in [0.1, 0.15) is 78.1 Å². The van der Waals surface area contributed by atoms with Gasteiger partial charge in [0.05, 0.1) is 12.0 Å². The molecule has 1 aliphatic carbocycles. The Bertz CT molecular complexity index is 281. The van der Waals surface area contributed by atoms with Crippen LogP contribution in [0, 0.1) is 17.8 Å². The van der Waals surface area contributed by atoms with E-state index < -0.39 is 0 Å². The van der Waals surface area contributed by atoms with E-state index in [4.69, 9.17) is 4.74 Å². The summed E-state index contributed by atoms with van der Waals surface area (Å²) >= 11 is 0. The van der Waals surface area contributed by atoms with Crippen LogP contribution in [-0.4, -0.2) is 12.1 Å². The first-order valence-corrected chi connectivity index (χ1v) is 8.35. The SMILES string of the molecule is CC1CC(CC2CCCC2)CCCCC(C)C(=O)O1. The van der Waals surface area contributed by atoms with E-state index in [9.17, 15) is 4.79 Å². The predicted molar refractivity (Wildman–Crippen MR) is 77.9 cm³/mol. The highest BCUT2D eigenvalue weighted by Gasteiger charge is 2.25. The predicted octanol–water partition coefficient (Wildman–Crippen LogP) is 4.71. The van der Waals surface area contributed by atoms with Crippen molar-refractivity contribution < 1.29 is 9.53 Å². The van der Waals surface area contributed by atoms with Gasteiger partial charge in [0, 0.05) is 0 Å². The van der Waals surface area contributed by atoms with Crippen molar-refractivity contribution in [3.05, 3.63) is 0 Å². The molecule has 0 amide bonds. The minimum Gasteiger partial charge on any atom is -0.462 e. The summed E-state index contributed by atoms with van der Waals surface area (Å²) in [6, 6.07) is 0. The third-order valence-electron chi connectivity index (χ3n) is 5.03. The highest BCUT2D eigenvalue weighted by molar-refractivity contribution is 5.72. The summed E-state index contributed by atoms with van der Waals surface area (Å²) in [5.41, 5.74) is 0. The van der Waals surface area contributed by atoms with Crippen molar-refractivity contribution in [1.82, 2.24) is 0 Å². The van der Waals surface area contributed by atoms with Gasteiger partial charge in [0.15, 0.2) is 0 Å². The molecule has 0 bridgehead atoms. The van der Waals surface area contributed by atoms with Crippen molar-refractivity contribution in [3.63, 3.8) is 0 Å². The van der Waals surface area contributed by atoms with Gasteiger partial charge in [0.25, 0.3) is 0 Å². The standard InChI is InChI=1S/C17H30O2/c1-13-7-3-4-10-16(11-14(2)19-17(13)18)12-15-8-5-6-9-15/h13-16H,3-12H2,1-2H3. The van der Waals surface area contributed by atoms with E-state index in [0.29, 0.717) is 0 Å². The maximum absolute atomic E-state index is 11.9. The number of cyclic esters (lactones) is 1. The average molecular weight is 266 g/mol. The summed E-state index contributed by atoms with van der Waals surface area (Å²) in [5, 5.41) is 0. The summed E-state index contributed by atoms with van der Waals surface area (Å²) in [4.78, 5) is 11.9. The first-order chi connectivity index (χ1) is 9.15. The van der Waals surface area contributed by atoms with Crippen molar-refractivity contribution >= 4 is 5.97 Å². The van der Waals surface area contributed by atoms with E-state index in [0.717, 1.165) is 24.7 Å². The molecule has 1 saturated heterocycles. The zero-order chi connectivity index (χ0) is 13.7. The second kappa shape index (κ2) is 7.31. The van der Waals surface area contributed by atoms with Crippen molar-refractivity contribution in [3.8, 4) is 0 Å². The minimum absolute atomic E-state index is 0.0222. The van der Waals surface area contributed by atoms with Gasteiger partial charge >= 0.3 is 5.97 Å². The van der Waals surface area contributed by atoms with Crippen LogP contribution in [0.3, 0.4) is 0 Å². The molecular weight excluding hydrogens is 236 g/mol. The van der Waals surface area contributed by atoms with Gasteiger partial charge in [-0.2, -0.15) is 0 Å². The van der Waals surface area contributed by atoms with Gasteiger partial charge in [0.1, 0.15) is 0 Å². The van der Waals surface area contributed by atoms with E-state index >= 15 is 0 Å². The molecule has 19 heavy (non-hydrogen) atoms. The highest BCUT2D eigenvalue weighted by Crippen LogP contribution is 2.34. The van der Waals surface area contributed by atoms with Crippen LogP contribution in [0.15, 0.2) is 0 Å². The summed E-state index contributed by atoms with van der Waals surface area (Å²) in [6.07, 6.45) is 13.1. The van der Waals surface area contributed by atoms with Crippen molar-refractivity contribution in [2.45, 2.75) is 84.2 Å². The fourth-order valence-electron chi connectivity index (χ4n) is 3.88. The van der Waals surface area contributed by atoms with Crippen molar-refractivity contribution in [1.29, 1.82) is 0 Å². The van der Waals surface area contributed by atoms with Crippen LogP contribution in [0.25, 0.3) is 0 Å². The van der Waals surface area contributed by atoms with E-state index in [1.54, 1.807) is 0 Å². The number of rotatable bonds is 2. The molecular formula is C17H30O2. The smallest absolute Gasteiger partial charge is 0.308 e. The van der Waals surface area contributed by atoms with Gasteiger partial charge in [0.2, 0.25) is 0 Å². The zero-order valence-electron chi connectivity index (χ0n) is 12.7. The summed E-state index contributed by atoms with van der Waals surface area (Å²) in [5.74, 6) is 1.84. The Hall–Kier alpha value is -0.530. The van der Waals surface area contributed by atoms with Gasteiger partial charge in [-0.1, -0.05) is 51.9 Å². The first kappa shape index (κ1) is 14.9. The topological polar surface area (TPSA) is 26.3 Å². The molecule has 3 atom stereocenters.